The number of hydrogen-bond donors (Lipinski definition) is 4. The average molecular weight is 418 g/mol. The van der Waals surface area contributed by atoms with Gasteiger partial charge in [-0.2, -0.15) is 0 Å². The largest absolute Gasteiger partial charge is 0.369 e. The Balaban J connectivity index is 1.54. The SMILES string of the molecule is NC(=O)CN[C@@H]1CCCC(Nc2nc(-c3c[nH]c4ncc(Cl)cc34)ncc2F)C1. The van der Waals surface area contributed by atoms with Crippen LogP contribution < -0.4 is 16.4 Å². The van der Waals surface area contributed by atoms with E-state index in [1.54, 1.807) is 18.5 Å². The van der Waals surface area contributed by atoms with E-state index >= 15 is 0 Å². The van der Waals surface area contributed by atoms with Crippen molar-refractivity contribution in [1.82, 2.24) is 25.3 Å². The van der Waals surface area contributed by atoms with E-state index in [9.17, 15) is 9.18 Å². The molecule has 1 aliphatic carbocycles. The fourth-order valence-corrected chi connectivity index (χ4v) is 3.86. The van der Waals surface area contributed by atoms with Crippen molar-refractivity contribution in [3.8, 4) is 11.4 Å². The third kappa shape index (κ3) is 4.46. The van der Waals surface area contributed by atoms with E-state index in [0.717, 1.165) is 37.3 Å². The lowest BCUT2D eigenvalue weighted by Gasteiger charge is -2.30. The molecule has 10 heteroatoms. The number of carbonyl (C=O) groups excluding carboxylic acids is 1. The smallest absolute Gasteiger partial charge is 0.231 e. The predicted octanol–water partition coefficient (Wildman–Crippen LogP) is 2.61. The maximum Gasteiger partial charge on any atom is 0.231 e. The molecule has 5 N–H and O–H groups in total. The van der Waals surface area contributed by atoms with Crippen LogP contribution in [0, 0.1) is 5.82 Å². The van der Waals surface area contributed by atoms with Crippen LogP contribution in [-0.2, 0) is 4.79 Å². The molecule has 0 spiro atoms. The monoisotopic (exact) mass is 417 g/mol. The third-order valence-corrected chi connectivity index (χ3v) is 5.27. The van der Waals surface area contributed by atoms with E-state index in [1.807, 2.05) is 0 Å². The van der Waals surface area contributed by atoms with E-state index < -0.39 is 5.82 Å². The molecule has 1 saturated carbocycles. The van der Waals surface area contributed by atoms with Crippen molar-refractivity contribution >= 4 is 34.4 Å². The number of halogens is 2. The number of carbonyl (C=O) groups is 1. The number of primary amides is 1. The summed E-state index contributed by atoms with van der Waals surface area (Å²) in [6.45, 7) is 0.139. The van der Waals surface area contributed by atoms with Gasteiger partial charge in [-0.3, -0.25) is 4.79 Å². The van der Waals surface area contributed by atoms with Gasteiger partial charge < -0.3 is 21.4 Å². The highest BCUT2D eigenvalue weighted by Crippen LogP contribution is 2.29. The molecule has 1 unspecified atom stereocenters. The molecule has 0 aliphatic heterocycles. The number of fused-ring (bicyclic) bond motifs is 1. The van der Waals surface area contributed by atoms with Crippen LogP contribution in [0.1, 0.15) is 25.7 Å². The molecule has 0 saturated heterocycles. The molecular weight excluding hydrogens is 397 g/mol. The first-order valence-electron chi connectivity index (χ1n) is 9.43. The van der Waals surface area contributed by atoms with E-state index in [4.69, 9.17) is 17.3 Å². The molecule has 29 heavy (non-hydrogen) atoms. The summed E-state index contributed by atoms with van der Waals surface area (Å²) in [6, 6.07) is 1.96. The first-order valence-corrected chi connectivity index (χ1v) is 9.81. The fourth-order valence-electron chi connectivity index (χ4n) is 3.71. The summed E-state index contributed by atoms with van der Waals surface area (Å²) >= 11 is 6.05. The molecule has 1 fully saturated rings. The van der Waals surface area contributed by atoms with Gasteiger partial charge >= 0.3 is 0 Å². The summed E-state index contributed by atoms with van der Waals surface area (Å²) in [6.07, 6.45) is 7.99. The Kier molecular flexibility index (Phi) is 5.59. The molecular formula is C19H21ClFN7O. The number of nitrogens with one attached hydrogen (secondary N) is 3. The normalized spacial score (nSPS) is 19.4. The van der Waals surface area contributed by atoms with Crippen LogP contribution in [0.3, 0.4) is 0 Å². The van der Waals surface area contributed by atoms with Crippen LogP contribution in [0.15, 0.2) is 24.7 Å². The number of amides is 1. The van der Waals surface area contributed by atoms with Crippen molar-refractivity contribution in [3.63, 3.8) is 0 Å². The standard InChI is InChI=1S/C19H21ClFN7O/c20-10-4-13-14(7-25-17(13)24-6-10)18-26-8-15(21)19(28-18)27-12-3-1-2-11(5-12)23-9-16(22)29/h4,6-8,11-12,23H,1-3,5,9H2,(H2,22,29)(H,24,25)(H,26,27,28)/t11-,12?/m1/s1. The van der Waals surface area contributed by atoms with Gasteiger partial charge in [0.2, 0.25) is 5.91 Å². The van der Waals surface area contributed by atoms with Crippen LogP contribution in [0.25, 0.3) is 22.4 Å². The quantitative estimate of drug-likeness (QED) is 0.489. The lowest BCUT2D eigenvalue weighted by Crippen LogP contribution is -2.42. The first kappa shape index (κ1) is 19.5. The Morgan fingerprint density at radius 1 is 1.31 bits per heavy atom. The Morgan fingerprint density at radius 3 is 2.97 bits per heavy atom. The topological polar surface area (TPSA) is 122 Å². The van der Waals surface area contributed by atoms with Crippen molar-refractivity contribution in [2.24, 2.45) is 5.73 Å². The Hall–Kier alpha value is -2.78. The van der Waals surface area contributed by atoms with E-state index in [0.29, 0.717) is 22.1 Å². The molecule has 3 heterocycles. The van der Waals surface area contributed by atoms with Gasteiger partial charge in [-0.05, 0) is 31.7 Å². The van der Waals surface area contributed by atoms with E-state index in [2.05, 4.69) is 30.6 Å². The van der Waals surface area contributed by atoms with Crippen molar-refractivity contribution in [2.45, 2.75) is 37.8 Å². The molecule has 4 rings (SSSR count). The van der Waals surface area contributed by atoms with Gasteiger partial charge in [0.1, 0.15) is 5.65 Å². The minimum Gasteiger partial charge on any atom is -0.369 e. The average Bonchev–Trinajstić information content (AvgIpc) is 3.11. The Labute approximate surface area is 171 Å². The second-order valence-electron chi connectivity index (χ2n) is 7.19. The number of aromatic nitrogens is 4. The van der Waals surface area contributed by atoms with Crippen LogP contribution in [0.2, 0.25) is 5.02 Å². The predicted molar refractivity (Wildman–Crippen MR) is 109 cm³/mol. The van der Waals surface area contributed by atoms with Crippen LogP contribution in [0.4, 0.5) is 10.2 Å². The lowest BCUT2D eigenvalue weighted by molar-refractivity contribution is -0.117. The number of hydrogen-bond acceptors (Lipinski definition) is 6. The zero-order chi connectivity index (χ0) is 20.4. The van der Waals surface area contributed by atoms with Gasteiger partial charge in [0.25, 0.3) is 0 Å². The minimum atomic E-state index is -0.517. The highest BCUT2D eigenvalue weighted by molar-refractivity contribution is 6.31. The molecule has 3 aromatic heterocycles. The van der Waals surface area contributed by atoms with Crippen molar-refractivity contribution in [1.29, 1.82) is 0 Å². The summed E-state index contributed by atoms with van der Waals surface area (Å²) in [7, 11) is 0. The molecule has 8 nitrogen and oxygen atoms in total. The molecule has 3 aromatic rings. The van der Waals surface area contributed by atoms with Crippen molar-refractivity contribution in [3.05, 3.63) is 35.5 Å². The number of rotatable bonds is 6. The Morgan fingerprint density at radius 2 is 2.14 bits per heavy atom. The van der Waals surface area contributed by atoms with Crippen LogP contribution >= 0.6 is 11.6 Å². The van der Waals surface area contributed by atoms with Crippen LogP contribution in [0.5, 0.6) is 0 Å². The number of nitrogens with zero attached hydrogens (tertiary/aromatic N) is 3. The minimum absolute atomic E-state index is 0.0328. The van der Waals surface area contributed by atoms with E-state index in [1.165, 1.54) is 0 Å². The zero-order valence-corrected chi connectivity index (χ0v) is 16.3. The molecule has 152 valence electrons. The van der Waals surface area contributed by atoms with Gasteiger partial charge in [0.15, 0.2) is 17.5 Å². The maximum absolute atomic E-state index is 14.4. The highest BCUT2D eigenvalue weighted by Gasteiger charge is 2.23. The zero-order valence-electron chi connectivity index (χ0n) is 15.6. The van der Waals surface area contributed by atoms with Gasteiger partial charge in [-0.1, -0.05) is 11.6 Å². The number of aromatic amines is 1. The number of nitrogens with two attached hydrogens (primary N) is 1. The van der Waals surface area contributed by atoms with Crippen LogP contribution in [-0.4, -0.2) is 44.5 Å². The molecule has 1 amide bonds. The van der Waals surface area contributed by atoms with Gasteiger partial charge in [0, 0.05) is 35.4 Å². The summed E-state index contributed by atoms with van der Waals surface area (Å²) in [5.74, 6) is -0.375. The van der Waals surface area contributed by atoms with E-state index in [-0.39, 0.29) is 30.4 Å². The molecule has 0 bridgehead atoms. The first-order chi connectivity index (χ1) is 14.0. The number of H-pyrrole nitrogens is 1. The number of anilines is 1. The maximum atomic E-state index is 14.4. The molecule has 2 atom stereocenters. The summed E-state index contributed by atoms with van der Waals surface area (Å²) in [5, 5.41) is 7.60. The second kappa shape index (κ2) is 8.30. The Bertz CT molecular complexity index is 1040. The molecule has 1 aliphatic rings. The summed E-state index contributed by atoms with van der Waals surface area (Å²) in [5.41, 5.74) is 6.55. The van der Waals surface area contributed by atoms with Gasteiger partial charge in [-0.15, -0.1) is 0 Å². The van der Waals surface area contributed by atoms with Gasteiger partial charge in [-0.25, -0.2) is 19.3 Å². The molecule has 0 radical (unpaired) electrons. The fraction of sp³-hybridized carbons (Fsp3) is 0.368. The summed E-state index contributed by atoms with van der Waals surface area (Å²) in [4.78, 5) is 26.8. The number of pyridine rings is 1. The van der Waals surface area contributed by atoms with Gasteiger partial charge in [0.05, 0.1) is 17.8 Å². The van der Waals surface area contributed by atoms with Crippen molar-refractivity contribution in [2.75, 3.05) is 11.9 Å². The lowest BCUT2D eigenvalue weighted by atomic mass is 9.91. The van der Waals surface area contributed by atoms with Crippen molar-refractivity contribution < 1.29 is 9.18 Å². The molecule has 0 aromatic carbocycles. The second-order valence-corrected chi connectivity index (χ2v) is 7.63. The summed E-state index contributed by atoms with van der Waals surface area (Å²) < 4.78 is 14.4. The highest BCUT2D eigenvalue weighted by atomic mass is 35.5. The third-order valence-electron chi connectivity index (χ3n) is 5.06.